The normalized spacial score (nSPS) is 10.8. The number of nitrogens with one attached hydrogen (secondary N) is 1. The van der Waals surface area contributed by atoms with Crippen molar-refractivity contribution >= 4 is 11.6 Å². The Bertz CT molecular complexity index is 352. The highest BCUT2D eigenvalue weighted by atomic mass is 35.5. The Labute approximate surface area is 109 Å². The van der Waals surface area contributed by atoms with E-state index in [9.17, 15) is 0 Å². The van der Waals surface area contributed by atoms with Crippen molar-refractivity contribution in [2.75, 3.05) is 26.3 Å². The minimum absolute atomic E-state index is 0.730. The third kappa shape index (κ3) is 5.07. The van der Waals surface area contributed by atoms with Crippen LogP contribution in [-0.2, 0) is 11.2 Å². The fourth-order valence-electron chi connectivity index (χ4n) is 1.64. The first-order valence-corrected chi connectivity index (χ1v) is 6.57. The predicted molar refractivity (Wildman–Crippen MR) is 74.0 cm³/mol. The van der Waals surface area contributed by atoms with Gasteiger partial charge in [-0.05, 0) is 49.6 Å². The lowest BCUT2D eigenvalue weighted by Crippen LogP contribution is -2.19. The molecule has 0 aromatic heterocycles. The second kappa shape index (κ2) is 7.70. The molecule has 17 heavy (non-hydrogen) atoms. The van der Waals surface area contributed by atoms with E-state index in [1.807, 2.05) is 6.07 Å². The summed E-state index contributed by atoms with van der Waals surface area (Å²) in [7, 11) is 0. The van der Waals surface area contributed by atoms with Crippen molar-refractivity contribution in [3.05, 3.63) is 33.8 Å². The van der Waals surface area contributed by atoms with E-state index >= 15 is 0 Å². The largest absolute Gasteiger partial charge is 0.380 e. The summed E-state index contributed by atoms with van der Waals surface area (Å²) in [5.74, 6) is 0. The molecule has 0 aliphatic heterocycles. The average molecular weight is 256 g/mol. The number of likely N-dealkylation sites (N-methyl/N-ethyl adjacent to an activating group) is 1. The van der Waals surface area contributed by atoms with Gasteiger partial charge in [0.25, 0.3) is 0 Å². The number of ether oxygens (including phenoxy) is 1. The van der Waals surface area contributed by atoms with Gasteiger partial charge in [0.2, 0.25) is 0 Å². The first-order valence-electron chi connectivity index (χ1n) is 6.19. The third-order valence-corrected chi connectivity index (χ3v) is 3.20. The molecule has 1 N–H and O–H groups in total. The highest BCUT2D eigenvalue weighted by Crippen LogP contribution is 2.21. The summed E-state index contributed by atoms with van der Waals surface area (Å²) in [4.78, 5) is 0. The van der Waals surface area contributed by atoms with Crippen molar-refractivity contribution < 1.29 is 4.74 Å². The van der Waals surface area contributed by atoms with Crippen LogP contribution in [0.15, 0.2) is 12.1 Å². The Morgan fingerprint density at radius 1 is 1.18 bits per heavy atom. The fourth-order valence-corrected chi connectivity index (χ4v) is 1.95. The van der Waals surface area contributed by atoms with Crippen molar-refractivity contribution in [1.29, 1.82) is 0 Å². The zero-order valence-corrected chi connectivity index (χ0v) is 11.7. The van der Waals surface area contributed by atoms with E-state index in [4.69, 9.17) is 16.3 Å². The van der Waals surface area contributed by atoms with E-state index in [0.717, 1.165) is 37.7 Å². The molecule has 1 aromatic rings. The highest BCUT2D eigenvalue weighted by molar-refractivity contribution is 6.31. The van der Waals surface area contributed by atoms with E-state index in [1.165, 1.54) is 16.7 Å². The predicted octanol–water partition coefficient (Wildman–Crippen LogP) is 3.13. The fraction of sp³-hybridized carbons (Fsp3) is 0.571. The summed E-state index contributed by atoms with van der Waals surface area (Å²) in [5.41, 5.74) is 3.71. The average Bonchev–Trinajstić information content (AvgIpc) is 2.30. The molecule has 0 spiro atoms. The van der Waals surface area contributed by atoms with E-state index in [2.05, 4.69) is 32.2 Å². The molecular formula is C14H22ClNO. The van der Waals surface area contributed by atoms with Gasteiger partial charge in [-0.2, -0.15) is 0 Å². The Morgan fingerprint density at radius 3 is 2.59 bits per heavy atom. The molecule has 0 radical (unpaired) electrons. The Balaban J connectivity index is 2.34. The lowest BCUT2D eigenvalue weighted by atomic mass is 10.0. The second-order valence-corrected chi connectivity index (χ2v) is 4.65. The van der Waals surface area contributed by atoms with Gasteiger partial charge in [0.15, 0.2) is 0 Å². The molecule has 0 heterocycles. The molecule has 0 fully saturated rings. The van der Waals surface area contributed by atoms with Crippen LogP contribution >= 0.6 is 11.6 Å². The molecule has 1 aromatic carbocycles. The van der Waals surface area contributed by atoms with Gasteiger partial charge in [-0.3, -0.25) is 0 Å². The summed E-state index contributed by atoms with van der Waals surface area (Å²) in [6.07, 6.45) is 0.881. The first kappa shape index (κ1) is 14.5. The maximum absolute atomic E-state index is 6.20. The van der Waals surface area contributed by atoms with Gasteiger partial charge < -0.3 is 10.1 Å². The topological polar surface area (TPSA) is 21.3 Å². The van der Waals surface area contributed by atoms with Crippen LogP contribution in [0.4, 0.5) is 0 Å². The van der Waals surface area contributed by atoms with Gasteiger partial charge in [0.1, 0.15) is 0 Å². The number of benzene rings is 1. The quantitative estimate of drug-likeness (QED) is 0.756. The number of halogens is 1. The number of hydrogen-bond donors (Lipinski definition) is 1. The second-order valence-electron chi connectivity index (χ2n) is 4.24. The smallest absolute Gasteiger partial charge is 0.0591 e. The molecule has 0 saturated carbocycles. The molecule has 1 rings (SSSR count). The van der Waals surface area contributed by atoms with Crippen LogP contribution in [0.25, 0.3) is 0 Å². The Morgan fingerprint density at radius 2 is 1.88 bits per heavy atom. The van der Waals surface area contributed by atoms with Crippen molar-refractivity contribution in [1.82, 2.24) is 5.32 Å². The number of aryl methyl sites for hydroxylation is 2. The van der Waals surface area contributed by atoms with Crippen LogP contribution in [0.3, 0.4) is 0 Å². The molecule has 0 saturated heterocycles. The number of hydrogen-bond acceptors (Lipinski definition) is 2. The SMILES string of the molecule is CCNCCOCCc1cc(C)c(C)cc1Cl. The molecule has 2 nitrogen and oxygen atoms in total. The van der Waals surface area contributed by atoms with Crippen LogP contribution in [0.2, 0.25) is 5.02 Å². The maximum Gasteiger partial charge on any atom is 0.0591 e. The van der Waals surface area contributed by atoms with Gasteiger partial charge in [0.05, 0.1) is 13.2 Å². The van der Waals surface area contributed by atoms with Gasteiger partial charge in [0, 0.05) is 11.6 Å². The lowest BCUT2D eigenvalue weighted by molar-refractivity contribution is 0.139. The molecule has 0 bridgehead atoms. The van der Waals surface area contributed by atoms with E-state index in [1.54, 1.807) is 0 Å². The van der Waals surface area contributed by atoms with Crippen LogP contribution in [0.1, 0.15) is 23.6 Å². The number of rotatable bonds is 7. The van der Waals surface area contributed by atoms with Gasteiger partial charge >= 0.3 is 0 Å². The summed E-state index contributed by atoms with van der Waals surface area (Å²) in [5, 5.41) is 4.07. The van der Waals surface area contributed by atoms with E-state index in [0.29, 0.717) is 0 Å². The van der Waals surface area contributed by atoms with Crippen LogP contribution in [0.5, 0.6) is 0 Å². The summed E-state index contributed by atoms with van der Waals surface area (Å²) in [6, 6.07) is 4.19. The van der Waals surface area contributed by atoms with Gasteiger partial charge in [-0.15, -0.1) is 0 Å². The zero-order chi connectivity index (χ0) is 12.7. The van der Waals surface area contributed by atoms with Crippen LogP contribution in [0, 0.1) is 13.8 Å². The van der Waals surface area contributed by atoms with Crippen molar-refractivity contribution in [2.45, 2.75) is 27.2 Å². The molecule has 3 heteroatoms. The Kier molecular flexibility index (Phi) is 6.56. The van der Waals surface area contributed by atoms with Crippen molar-refractivity contribution in [2.24, 2.45) is 0 Å². The third-order valence-electron chi connectivity index (χ3n) is 2.85. The minimum Gasteiger partial charge on any atom is -0.380 e. The Hall–Kier alpha value is -0.570. The zero-order valence-electron chi connectivity index (χ0n) is 11.0. The molecule has 0 aliphatic rings. The van der Waals surface area contributed by atoms with Gasteiger partial charge in [-0.25, -0.2) is 0 Å². The van der Waals surface area contributed by atoms with E-state index in [-0.39, 0.29) is 0 Å². The highest BCUT2D eigenvalue weighted by Gasteiger charge is 2.03. The monoisotopic (exact) mass is 255 g/mol. The molecular weight excluding hydrogens is 234 g/mol. The molecule has 0 amide bonds. The molecule has 0 unspecified atom stereocenters. The summed E-state index contributed by atoms with van der Waals surface area (Å²) < 4.78 is 5.54. The van der Waals surface area contributed by atoms with Crippen molar-refractivity contribution in [3.63, 3.8) is 0 Å². The van der Waals surface area contributed by atoms with Gasteiger partial charge in [-0.1, -0.05) is 24.6 Å². The maximum atomic E-state index is 6.20. The molecule has 96 valence electrons. The first-order chi connectivity index (χ1) is 8.15. The van der Waals surface area contributed by atoms with E-state index < -0.39 is 0 Å². The summed E-state index contributed by atoms with van der Waals surface area (Å²) >= 11 is 6.20. The minimum atomic E-state index is 0.730. The standard InChI is InChI=1S/C14H22ClNO/c1-4-16-6-8-17-7-5-13-9-11(2)12(3)10-14(13)15/h9-10,16H,4-8H2,1-3H3. The lowest BCUT2D eigenvalue weighted by Gasteiger charge is -2.09. The van der Waals surface area contributed by atoms with Crippen LogP contribution < -0.4 is 5.32 Å². The summed E-state index contributed by atoms with van der Waals surface area (Å²) in [6.45, 7) is 9.68. The van der Waals surface area contributed by atoms with Crippen molar-refractivity contribution in [3.8, 4) is 0 Å². The molecule has 0 aliphatic carbocycles. The molecule has 0 atom stereocenters. The van der Waals surface area contributed by atoms with Crippen LogP contribution in [-0.4, -0.2) is 26.3 Å².